The molecule has 1 aliphatic carbocycles. The first-order chi connectivity index (χ1) is 24.8. The van der Waals surface area contributed by atoms with Crippen LogP contribution in [0.2, 0.25) is 0 Å². The Morgan fingerprint density at radius 2 is 1.69 bits per heavy atom. The number of rotatable bonds is 16. The van der Waals surface area contributed by atoms with Gasteiger partial charge in [0.25, 0.3) is 10.1 Å². The number of unbranched alkanes of at least 4 members (excludes halogenated alkanes) is 2. The summed E-state index contributed by atoms with van der Waals surface area (Å²) in [7, 11) is -2.66. The van der Waals surface area contributed by atoms with E-state index < -0.39 is 16.2 Å². The fourth-order valence-electron chi connectivity index (χ4n) is 7.54. The first-order valence-corrected chi connectivity index (χ1v) is 20.2. The number of anilines is 1. The Labute approximate surface area is 311 Å². The number of hydrogen-bond acceptors (Lipinski definition) is 9. The topological polar surface area (TPSA) is 138 Å². The minimum atomic E-state index is -4.02. The van der Waals surface area contributed by atoms with Crippen LogP contribution in [0.3, 0.4) is 0 Å². The molecule has 52 heavy (non-hydrogen) atoms. The number of para-hydroxylation sites is 2. The molecule has 5 rings (SSSR count). The Morgan fingerprint density at radius 3 is 2.42 bits per heavy atom. The summed E-state index contributed by atoms with van der Waals surface area (Å²) in [5, 5.41) is 15.1. The van der Waals surface area contributed by atoms with Crippen LogP contribution < -0.4 is 10.2 Å². The van der Waals surface area contributed by atoms with Gasteiger partial charge in [0.1, 0.15) is 6.54 Å². The largest absolute Gasteiger partial charge is 0.453 e. The lowest BCUT2D eigenvalue weighted by atomic mass is 9.81. The monoisotopic (exact) mass is 752 g/mol. The highest BCUT2D eigenvalue weighted by molar-refractivity contribution is 7.94. The zero-order chi connectivity index (χ0) is 37.5. The Balaban J connectivity index is 1.47. The summed E-state index contributed by atoms with van der Waals surface area (Å²) in [6.45, 7) is 10.2. The van der Waals surface area contributed by atoms with Crippen molar-refractivity contribution in [3.8, 4) is 0 Å². The highest BCUT2D eigenvalue weighted by Crippen LogP contribution is 2.48. The molecule has 3 N–H and O–H groups in total. The molecule has 0 spiro atoms. The molecule has 0 radical (unpaired) electrons. The number of allylic oxidation sites excluding steroid dienone is 7. The van der Waals surface area contributed by atoms with E-state index >= 15 is 0 Å². The molecule has 11 nitrogen and oxygen atoms in total. The summed E-state index contributed by atoms with van der Waals surface area (Å²) in [6, 6.07) is 16.7. The van der Waals surface area contributed by atoms with Crippen LogP contribution in [0.25, 0.3) is 0 Å². The standard InChI is InChI=1S/C39H49N3O8S2/c1-38(2)30-14-6-8-16-32(30)41(24-10-12-26-51-50-49-44)34(38)22-20-28-18-19-29(36(28)40-37(43)48-5)21-23-35-39(3,4)31-15-7-9-17-33(31)42(35)25-11-13-27-52(45,46)47/h6-9,14-17,20-23H,10-13,18-19,24-27H2,1-5H3,(H2,44,45,46,47)/p+1/b28-20+,34-22+. The van der Waals surface area contributed by atoms with E-state index in [4.69, 9.17) is 9.99 Å². The Hall–Kier alpha value is -3.72. The first kappa shape index (κ1) is 39.5. The van der Waals surface area contributed by atoms with E-state index in [1.165, 1.54) is 23.9 Å². The van der Waals surface area contributed by atoms with Crippen LogP contribution in [0.1, 0.15) is 77.3 Å². The number of carbonyl (C=O) groups is 1. The lowest BCUT2D eigenvalue weighted by Gasteiger charge is -2.27. The second-order valence-electron chi connectivity index (χ2n) is 14.2. The van der Waals surface area contributed by atoms with Crippen molar-refractivity contribution < 1.29 is 41.7 Å². The number of amides is 1. The predicted octanol–water partition coefficient (Wildman–Crippen LogP) is 8.15. The number of benzene rings is 2. The minimum Gasteiger partial charge on any atom is -0.453 e. The van der Waals surface area contributed by atoms with Crippen molar-refractivity contribution in [3.63, 3.8) is 0 Å². The van der Waals surface area contributed by atoms with Crippen LogP contribution >= 0.6 is 12.0 Å². The van der Waals surface area contributed by atoms with Gasteiger partial charge in [-0.3, -0.25) is 9.87 Å². The van der Waals surface area contributed by atoms with E-state index in [1.54, 1.807) is 0 Å². The van der Waals surface area contributed by atoms with Crippen LogP contribution in [0.15, 0.2) is 95.4 Å². The maximum absolute atomic E-state index is 12.7. The fourth-order valence-corrected chi connectivity index (χ4v) is 8.54. The Bertz CT molecular complexity index is 1910. The number of methoxy groups -OCH3 is 1. The average molecular weight is 753 g/mol. The van der Waals surface area contributed by atoms with Crippen molar-refractivity contribution in [2.45, 2.75) is 77.0 Å². The molecule has 0 atom stereocenters. The smallest absolute Gasteiger partial charge is 0.411 e. The van der Waals surface area contributed by atoms with Crippen molar-refractivity contribution in [2.75, 3.05) is 36.6 Å². The molecule has 3 aliphatic rings. The normalized spacial score (nSPS) is 19.3. The van der Waals surface area contributed by atoms with Gasteiger partial charge in [0.2, 0.25) is 5.69 Å². The molecule has 2 aliphatic heterocycles. The van der Waals surface area contributed by atoms with Crippen molar-refractivity contribution >= 4 is 45.3 Å². The molecule has 1 amide bonds. The number of hydrogen-bond donors (Lipinski definition) is 3. The highest BCUT2D eigenvalue weighted by Gasteiger charge is 2.44. The van der Waals surface area contributed by atoms with Gasteiger partial charge < -0.3 is 9.64 Å². The van der Waals surface area contributed by atoms with Crippen LogP contribution in [0.4, 0.5) is 16.2 Å². The summed E-state index contributed by atoms with van der Waals surface area (Å²) >= 11 is 1.07. The van der Waals surface area contributed by atoms with Gasteiger partial charge >= 0.3 is 6.09 Å². The van der Waals surface area contributed by atoms with Gasteiger partial charge in [0, 0.05) is 65.3 Å². The van der Waals surface area contributed by atoms with E-state index in [2.05, 4.69) is 113 Å². The Kier molecular flexibility index (Phi) is 12.9. The van der Waals surface area contributed by atoms with Crippen molar-refractivity contribution in [3.05, 3.63) is 107 Å². The van der Waals surface area contributed by atoms with Gasteiger partial charge in [-0.1, -0.05) is 67.4 Å². The predicted molar refractivity (Wildman–Crippen MR) is 205 cm³/mol. The quantitative estimate of drug-likeness (QED) is 0.0385. The third kappa shape index (κ3) is 8.90. The second kappa shape index (κ2) is 17.0. The van der Waals surface area contributed by atoms with Crippen molar-refractivity contribution in [2.24, 2.45) is 0 Å². The fraction of sp³-hybridized carbons (Fsp3) is 0.436. The SMILES string of the molecule is COC(=O)NC1=C(/C=C/C2=[N+](CCCCS(=O)(=O)O)c3ccccc3C2(C)C)CC/C1=C\C=C1\N(CCCCSOOO)c2ccccc2C1(C)C. The van der Waals surface area contributed by atoms with Gasteiger partial charge in [-0.15, -0.1) is 4.33 Å². The summed E-state index contributed by atoms with van der Waals surface area (Å²) in [4.78, 5) is 15.0. The molecule has 2 heterocycles. The Morgan fingerprint density at radius 1 is 0.962 bits per heavy atom. The number of nitrogens with zero attached hydrogens (tertiary/aromatic N) is 2. The maximum Gasteiger partial charge on any atom is 0.411 e. The van der Waals surface area contributed by atoms with Crippen LogP contribution in [-0.2, 0) is 35.1 Å². The molecular weight excluding hydrogens is 703 g/mol. The zero-order valence-corrected chi connectivity index (χ0v) is 32.2. The van der Waals surface area contributed by atoms with Crippen LogP contribution in [0.5, 0.6) is 0 Å². The molecule has 0 aromatic heterocycles. The van der Waals surface area contributed by atoms with E-state index in [-0.39, 0.29) is 16.6 Å². The highest BCUT2D eigenvalue weighted by atomic mass is 32.2. The number of carbonyl (C=O) groups excluding carboxylic acids is 1. The molecule has 0 saturated carbocycles. The van der Waals surface area contributed by atoms with Gasteiger partial charge in [0.05, 0.1) is 24.0 Å². The number of nitrogens with one attached hydrogen (secondary N) is 1. The summed E-state index contributed by atoms with van der Waals surface area (Å²) < 4.78 is 43.8. The van der Waals surface area contributed by atoms with Crippen LogP contribution in [0, 0.1) is 0 Å². The molecule has 2 aromatic rings. The van der Waals surface area contributed by atoms with Crippen LogP contribution in [-0.4, -0.2) is 66.3 Å². The molecule has 13 heteroatoms. The zero-order valence-electron chi connectivity index (χ0n) is 30.6. The molecular formula is C39H50N3O8S2+. The minimum absolute atomic E-state index is 0.248. The van der Waals surface area contributed by atoms with E-state index in [0.29, 0.717) is 25.1 Å². The third-order valence-corrected chi connectivity index (χ3v) is 11.6. The van der Waals surface area contributed by atoms with Gasteiger partial charge in [-0.05, 0) is 74.8 Å². The average Bonchev–Trinajstić information content (AvgIpc) is 3.66. The van der Waals surface area contributed by atoms with Gasteiger partial charge in [0.15, 0.2) is 5.71 Å². The molecule has 0 unspecified atom stereocenters. The van der Waals surface area contributed by atoms with Gasteiger partial charge in [-0.25, -0.2) is 10.1 Å². The lowest BCUT2D eigenvalue weighted by Crippen LogP contribution is -2.28. The third-order valence-electron chi connectivity index (χ3n) is 10.2. The molecule has 0 saturated heterocycles. The van der Waals surface area contributed by atoms with Crippen molar-refractivity contribution in [1.29, 1.82) is 0 Å². The number of fused-ring (bicyclic) bond motifs is 2. The van der Waals surface area contributed by atoms with Gasteiger partial charge in [-0.2, -0.15) is 13.0 Å². The maximum atomic E-state index is 12.7. The second-order valence-corrected chi connectivity index (χ2v) is 16.6. The summed E-state index contributed by atoms with van der Waals surface area (Å²) in [6.07, 6.45) is 12.1. The van der Waals surface area contributed by atoms with E-state index in [9.17, 15) is 17.8 Å². The summed E-state index contributed by atoms with van der Waals surface area (Å²) in [5.74, 6) is 0.412. The molecule has 0 bridgehead atoms. The summed E-state index contributed by atoms with van der Waals surface area (Å²) in [5.41, 5.74) is 9.08. The number of ether oxygens (including phenoxy) is 1. The molecule has 280 valence electrons. The molecule has 2 aromatic carbocycles. The lowest BCUT2D eigenvalue weighted by molar-refractivity contribution is -0.438. The van der Waals surface area contributed by atoms with E-state index in [1.807, 2.05) is 12.1 Å². The molecule has 0 fully saturated rings. The number of alkyl carbamates (subject to hydrolysis) is 1. The van der Waals surface area contributed by atoms with E-state index in [0.717, 1.165) is 78.2 Å². The van der Waals surface area contributed by atoms with Crippen molar-refractivity contribution in [1.82, 2.24) is 5.32 Å². The first-order valence-electron chi connectivity index (χ1n) is 17.6.